The van der Waals surface area contributed by atoms with E-state index < -0.39 is 0 Å². The Kier molecular flexibility index (Phi) is 4.93. The third kappa shape index (κ3) is 3.54. The lowest BCUT2D eigenvalue weighted by atomic mass is 9.88. The van der Waals surface area contributed by atoms with Crippen LogP contribution in [-0.2, 0) is 4.74 Å². The Morgan fingerprint density at radius 1 is 1.39 bits per heavy atom. The molecule has 0 unspecified atom stereocenters. The molecule has 1 aromatic rings. The molecule has 2 saturated heterocycles. The topological polar surface area (TPSA) is 69.9 Å². The van der Waals surface area contributed by atoms with E-state index in [-0.39, 0.29) is 5.96 Å². The molecule has 23 heavy (non-hydrogen) atoms. The molecular formula is C17H24N4O2. The van der Waals surface area contributed by atoms with Gasteiger partial charge in [-0.25, -0.2) is 4.99 Å². The second-order valence-corrected chi connectivity index (χ2v) is 6.09. The van der Waals surface area contributed by atoms with Gasteiger partial charge in [0.15, 0.2) is 0 Å². The second kappa shape index (κ2) is 7.10. The molecule has 2 aliphatic rings. The first-order valence-electron chi connectivity index (χ1n) is 8.03. The molecule has 0 radical (unpaired) electrons. The van der Waals surface area contributed by atoms with Crippen molar-refractivity contribution in [2.45, 2.75) is 24.8 Å². The molecule has 0 bridgehead atoms. The fraction of sp³-hybridized carbons (Fsp3) is 0.529. The van der Waals surface area contributed by atoms with Gasteiger partial charge in [-0.3, -0.25) is 10.3 Å². The van der Waals surface area contributed by atoms with Crippen molar-refractivity contribution in [1.82, 2.24) is 4.90 Å². The molecule has 0 atom stereocenters. The third-order valence-electron chi connectivity index (χ3n) is 4.76. The van der Waals surface area contributed by atoms with Crippen molar-refractivity contribution in [2.75, 3.05) is 38.7 Å². The maximum Gasteiger partial charge on any atom is 0.219 e. The molecule has 1 aromatic carbocycles. The van der Waals surface area contributed by atoms with Crippen molar-refractivity contribution in [3.05, 3.63) is 23.8 Å². The van der Waals surface area contributed by atoms with Crippen LogP contribution in [0.3, 0.4) is 0 Å². The highest BCUT2D eigenvalue weighted by Gasteiger charge is 2.30. The number of benzene rings is 1. The molecular weight excluding hydrogens is 292 g/mol. The number of hydrogen-bond donors (Lipinski definition) is 2. The van der Waals surface area contributed by atoms with Gasteiger partial charge in [0.05, 0.1) is 26.4 Å². The number of methoxy groups -OCH3 is 1. The van der Waals surface area contributed by atoms with Crippen molar-refractivity contribution in [1.29, 1.82) is 5.41 Å². The van der Waals surface area contributed by atoms with E-state index >= 15 is 0 Å². The highest BCUT2D eigenvalue weighted by Crippen LogP contribution is 2.36. The van der Waals surface area contributed by atoms with E-state index in [1.807, 2.05) is 12.1 Å². The monoisotopic (exact) mass is 316 g/mol. The first-order valence-corrected chi connectivity index (χ1v) is 8.03. The first-order chi connectivity index (χ1) is 11.2. The molecule has 0 amide bonds. The fourth-order valence-corrected chi connectivity index (χ4v) is 3.31. The van der Waals surface area contributed by atoms with Crippen LogP contribution >= 0.6 is 0 Å². The molecule has 6 nitrogen and oxygen atoms in total. The van der Waals surface area contributed by atoms with Crippen LogP contribution in [0, 0.1) is 5.41 Å². The third-order valence-corrected chi connectivity index (χ3v) is 4.76. The molecule has 0 spiro atoms. The maximum atomic E-state index is 7.54. The van der Waals surface area contributed by atoms with Crippen LogP contribution < -0.4 is 10.1 Å². The summed E-state index contributed by atoms with van der Waals surface area (Å²) >= 11 is 0. The van der Waals surface area contributed by atoms with E-state index in [1.165, 1.54) is 5.56 Å². The van der Waals surface area contributed by atoms with Gasteiger partial charge in [-0.05, 0) is 50.2 Å². The SMILES string of the molecule is C=NC(=N)Nc1ccc(C2CCN(C3COC3)CC2)c(OC)c1. The number of hydrogen-bond acceptors (Lipinski definition) is 4. The zero-order valence-corrected chi connectivity index (χ0v) is 13.5. The molecule has 2 heterocycles. The number of nitrogens with one attached hydrogen (secondary N) is 2. The van der Waals surface area contributed by atoms with Crippen LogP contribution in [0.1, 0.15) is 24.3 Å². The maximum absolute atomic E-state index is 7.54. The predicted molar refractivity (Wildman–Crippen MR) is 92.0 cm³/mol. The number of ether oxygens (including phenoxy) is 2. The Hall–Kier alpha value is -1.92. The quantitative estimate of drug-likeness (QED) is 0.661. The van der Waals surface area contributed by atoms with Gasteiger partial charge in [0.1, 0.15) is 5.75 Å². The summed E-state index contributed by atoms with van der Waals surface area (Å²) in [7, 11) is 1.69. The molecule has 2 aliphatic heterocycles. The molecule has 0 saturated carbocycles. The Bertz CT molecular complexity index is 578. The summed E-state index contributed by atoms with van der Waals surface area (Å²) in [5, 5.41) is 10.4. The van der Waals surface area contributed by atoms with Gasteiger partial charge in [0.2, 0.25) is 5.96 Å². The summed E-state index contributed by atoms with van der Waals surface area (Å²) in [6, 6.07) is 6.64. The molecule has 2 fully saturated rings. The average molecular weight is 316 g/mol. The zero-order chi connectivity index (χ0) is 16.2. The molecule has 124 valence electrons. The number of anilines is 1. The minimum Gasteiger partial charge on any atom is -0.496 e. The molecule has 6 heteroatoms. The molecule has 0 aromatic heterocycles. The Labute approximate surface area is 137 Å². The summed E-state index contributed by atoms with van der Waals surface area (Å²) in [4.78, 5) is 6.10. The fourth-order valence-electron chi connectivity index (χ4n) is 3.31. The largest absolute Gasteiger partial charge is 0.496 e. The van der Waals surface area contributed by atoms with Crippen molar-refractivity contribution in [3.8, 4) is 5.75 Å². The Morgan fingerprint density at radius 2 is 2.13 bits per heavy atom. The minimum atomic E-state index is 0.0378. The van der Waals surface area contributed by atoms with Crippen LogP contribution in [0.25, 0.3) is 0 Å². The van der Waals surface area contributed by atoms with Crippen LogP contribution in [0.5, 0.6) is 5.75 Å². The van der Waals surface area contributed by atoms with Crippen molar-refractivity contribution >= 4 is 18.4 Å². The van der Waals surface area contributed by atoms with Crippen LogP contribution in [0.4, 0.5) is 5.69 Å². The standard InChI is InChI=1S/C17H24N4O2/c1-19-17(18)20-13-3-4-15(16(9-13)22-2)12-5-7-21(8-6-12)14-10-23-11-14/h3-4,9,12,14H,1,5-8,10-11H2,2H3,(H2,18,20). The van der Waals surface area contributed by atoms with E-state index in [0.29, 0.717) is 12.0 Å². The van der Waals surface area contributed by atoms with Gasteiger partial charge in [-0.15, -0.1) is 0 Å². The summed E-state index contributed by atoms with van der Waals surface area (Å²) in [6.45, 7) is 7.35. The second-order valence-electron chi connectivity index (χ2n) is 6.09. The van der Waals surface area contributed by atoms with Crippen molar-refractivity contribution < 1.29 is 9.47 Å². The van der Waals surface area contributed by atoms with Crippen LogP contribution in [0.15, 0.2) is 23.2 Å². The zero-order valence-electron chi connectivity index (χ0n) is 13.5. The number of guanidine groups is 1. The number of likely N-dealkylation sites (tertiary alicyclic amines) is 1. The summed E-state index contributed by atoms with van der Waals surface area (Å²) < 4.78 is 10.9. The number of piperidine rings is 1. The smallest absolute Gasteiger partial charge is 0.219 e. The molecule has 0 aliphatic carbocycles. The summed E-state index contributed by atoms with van der Waals surface area (Å²) in [6.07, 6.45) is 2.29. The van der Waals surface area contributed by atoms with Gasteiger partial charge >= 0.3 is 0 Å². The van der Waals surface area contributed by atoms with Gasteiger partial charge in [-0.1, -0.05) is 6.07 Å². The van der Waals surface area contributed by atoms with Gasteiger partial charge < -0.3 is 14.8 Å². The van der Waals surface area contributed by atoms with E-state index in [2.05, 4.69) is 28.0 Å². The normalized spacial score (nSPS) is 19.9. The predicted octanol–water partition coefficient (Wildman–Crippen LogP) is 2.32. The number of nitrogens with zero attached hydrogens (tertiary/aromatic N) is 2. The van der Waals surface area contributed by atoms with E-state index in [9.17, 15) is 0 Å². The van der Waals surface area contributed by atoms with E-state index in [1.54, 1.807) is 7.11 Å². The highest BCUT2D eigenvalue weighted by atomic mass is 16.5. The average Bonchev–Trinajstić information content (AvgIpc) is 2.54. The van der Waals surface area contributed by atoms with Gasteiger partial charge in [0, 0.05) is 11.8 Å². The Morgan fingerprint density at radius 3 is 2.70 bits per heavy atom. The number of aliphatic imine (C=N–C) groups is 1. The lowest BCUT2D eigenvalue weighted by molar-refractivity contribution is -0.0713. The highest BCUT2D eigenvalue weighted by molar-refractivity contribution is 5.94. The van der Waals surface area contributed by atoms with E-state index in [4.69, 9.17) is 14.9 Å². The summed E-state index contributed by atoms with van der Waals surface area (Å²) in [5.41, 5.74) is 2.05. The lowest BCUT2D eigenvalue weighted by Crippen LogP contribution is -2.51. The molecule has 2 N–H and O–H groups in total. The van der Waals surface area contributed by atoms with Crippen molar-refractivity contribution in [3.63, 3.8) is 0 Å². The number of rotatable bonds is 4. The first kappa shape index (κ1) is 16.0. The van der Waals surface area contributed by atoms with Gasteiger partial charge in [-0.2, -0.15) is 0 Å². The van der Waals surface area contributed by atoms with Crippen LogP contribution in [-0.4, -0.2) is 57.0 Å². The Balaban J connectivity index is 1.67. The molecule has 3 rings (SSSR count). The van der Waals surface area contributed by atoms with Crippen LogP contribution in [0.2, 0.25) is 0 Å². The van der Waals surface area contributed by atoms with Crippen molar-refractivity contribution in [2.24, 2.45) is 4.99 Å². The lowest BCUT2D eigenvalue weighted by Gasteiger charge is -2.41. The van der Waals surface area contributed by atoms with Gasteiger partial charge in [0.25, 0.3) is 0 Å². The summed E-state index contributed by atoms with van der Waals surface area (Å²) in [5.74, 6) is 1.43. The van der Waals surface area contributed by atoms with E-state index in [0.717, 1.165) is 50.6 Å². The minimum absolute atomic E-state index is 0.0378.